The van der Waals surface area contributed by atoms with Crippen LogP contribution in [0.3, 0.4) is 0 Å². The number of benzene rings is 1. The quantitative estimate of drug-likeness (QED) is 0.455. The zero-order valence-electron chi connectivity index (χ0n) is 21.2. The van der Waals surface area contributed by atoms with Crippen molar-refractivity contribution in [2.75, 3.05) is 26.3 Å². The largest absolute Gasteiger partial charge is 0.474 e. The number of aromatic nitrogens is 4. The highest BCUT2D eigenvalue weighted by Crippen LogP contribution is 2.30. The van der Waals surface area contributed by atoms with E-state index < -0.39 is 0 Å². The number of carbonyl (C=O) groups excluding carboxylic acids is 1. The molecule has 4 aromatic rings. The summed E-state index contributed by atoms with van der Waals surface area (Å²) in [7, 11) is 0. The SMILES string of the molecule is Cc1ccc(OC2CCN(C(=O)c3cc4c(cc3C)[nH]c(=O)c3cnn(C5CCOCC5)c34)CC2)nc1. The van der Waals surface area contributed by atoms with Crippen LogP contribution in [-0.4, -0.2) is 63.0 Å². The van der Waals surface area contributed by atoms with Crippen molar-refractivity contribution in [2.45, 2.75) is 51.7 Å². The van der Waals surface area contributed by atoms with E-state index in [4.69, 9.17) is 9.47 Å². The van der Waals surface area contributed by atoms with Gasteiger partial charge in [-0.2, -0.15) is 5.10 Å². The van der Waals surface area contributed by atoms with E-state index in [0.717, 1.165) is 53.2 Å². The molecule has 0 saturated carbocycles. The van der Waals surface area contributed by atoms with Crippen LogP contribution in [0.4, 0.5) is 0 Å². The average molecular weight is 502 g/mol. The van der Waals surface area contributed by atoms with Gasteiger partial charge in [0.25, 0.3) is 11.5 Å². The fourth-order valence-corrected chi connectivity index (χ4v) is 5.47. The first-order valence-corrected chi connectivity index (χ1v) is 13.0. The molecule has 2 fully saturated rings. The molecule has 5 heterocycles. The third-order valence-electron chi connectivity index (χ3n) is 7.58. The number of nitrogens with one attached hydrogen (secondary N) is 1. The Balaban J connectivity index is 1.28. The lowest BCUT2D eigenvalue weighted by atomic mass is 10.0. The van der Waals surface area contributed by atoms with Crippen molar-refractivity contribution in [1.29, 1.82) is 0 Å². The molecule has 0 bridgehead atoms. The third-order valence-corrected chi connectivity index (χ3v) is 7.58. The monoisotopic (exact) mass is 501 g/mol. The first-order chi connectivity index (χ1) is 18.0. The second-order valence-corrected chi connectivity index (χ2v) is 10.1. The summed E-state index contributed by atoms with van der Waals surface area (Å²) in [6.45, 7) is 6.51. The van der Waals surface area contributed by atoms with E-state index in [9.17, 15) is 9.59 Å². The van der Waals surface area contributed by atoms with Crippen LogP contribution in [0.15, 0.2) is 41.5 Å². The topological polar surface area (TPSA) is 102 Å². The van der Waals surface area contributed by atoms with Crippen molar-refractivity contribution >= 4 is 27.7 Å². The number of aromatic amines is 1. The molecule has 192 valence electrons. The molecule has 0 unspecified atom stereocenters. The van der Waals surface area contributed by atoms with Crippen LogP contribution < -0.4 is 10.3 Å². The van der Waals surface area contributed by atoms with Crippen molar-refractivity contribution in [1.82, 2.24) is 24.6 Å². The van der Waals surface area contributed by atoms with E-state index in [1.54, 1.807) is 12.4 Å². The van der Waals surface area contributed by atoms with Crippen molar-refractivity contribution in [3.05, 3.63) is 63.7 Å². The van der Waals surface area contributed by atoms with Gasteiger partial charge in [0.15, 0.2) is 0 Å². The maximum atomic E-state index is 13.7. The van der Waals surface area contributed by atoms with Gasteiger partial charge in [-0.25, -0.2) is 4.98 Å². The van der Waals surface area contributed by atoms with Gasteiger partial charge in [-0.1, -0.05) is 6.07 Å². The Morgan fingerprint density at radius 2 is 1.84 bits per heavy atom. The van der Waals surface area contributed by atoms with E-state index in [2.05, 4.69) is 15.1 Å². The summed E-state index contributed by atoms with van der Waals surface area (Å²) in [5.41, 5.74) is 3.93. The molecule has 1 amide bonds. The van der Waals surface area contributed by atoms with Gasteiger partial charge in [0.05, 0.1) is 28.7 Å². The van der Waals surface area contributed by atoms with Crippen molar-refractivity contribution < 1.29 is 14.3 Å². The number of piperidine rings is 1. The Bertz CT molecular complexity index is 1510. The number of carbonyl (C=O) groups is 1. The Kier molecular flexibility index (Phi) is 6.16. The summed E-state index contributed by atoms with van der Waals surface area (Å²) in [6, 6.07) is 7.88. The molecule has 1 aromatic carbocycles. The number of amides is 1. The number of likely N-dealkylation sites (tertiary alicyclic amines) is 1. The van der Waals surface area contributed by atoms with Crippen LogP contribution >= 0.6 is 0 Å². The molecular weight excluding hydrogens is 470 g/mol. The summed E-state index contributed by atoms with van der Waals surface area (Å²) >= 11 is 0. The lowest BCUT2D eigenvalue weighted by Crippen LogP contribution is -2.42. The molecular formula is C28H31N5O4. The van der Waals surface area contributed by atoms with Crippen LogP contribution in [0.2, 0.25) is 0 Å². The van der Waals surface area contributed by atoms with Gasteiger partial charge in [-0.15, -0.1) is 0 Å². The molecule has 2 aliphatic heterocycles. The molecule has 0 atom stereocenters. The number of rotatable bonds is 4. The van der Waals surface area contributed by atoms with E-state index in [-0.39, 0.29) is 23.6 Å². The van der Waals surface area contributed by atoms with E-state index in [0.29, 0.717) is 43.1 Å². The molecule has 1 N–H and O–H groups in total. The molecule has 6 rings (SSSR count). The zero-order chi connectivity index (χ0) is 25.5. The fourth-order valence-electron chi connectivity index (χ4n) is 5.47. The van der Waals surface area contributed by atoms with Gasteiger partial charge in [0.1, 0.15) is 6.10 Å². The molecule has 2 aliphatic rings. The van der Waals surface area contributed by atoms with Crippen LogP contribution in [0.25, 0.3) is 21.8 Å². The highest BCUT2D eigenvalue weighted by Gasteiger charge is 2.27. The minimum Gasteiger partial charge on any atom is -0.474 e. The van der Waals surface area contributed by atoms with E-state index in [1.807, 2.05) is 47.7 Å². The van der Waals surface area contributed by atoms with Crippen LogP contribution in [0, 0.1) is 13.8 Å². The van der Waals surface area contributed by atoms with Crippen molar-refractivity contribution in [3.8, 4) is 5.88 Å². The van der Waals surface area contributed by atoms with Crippen LogP contribution in [0.5, 0.6) is 5.88 Å². The minimum absolute atomic E-state index is 0.00259. The standard InChI is InChI=1S/C28H31N5O4/c1-17-3-4-25(29-15-17)37-20-5-9-32(10-6-20)28(35)21-14-22-24(13-18(21)2)31-27(34)23-16-30-33(26(22)23)19-7-11-36-12-8-19/h3-4,13-16,19-20H,5-12H2,1-2H3,(H,31,34). The molecule has 0 aliphatic carbocycles. The van der Waals surface area contributed by atoms with Gasteiger partial charge in [0, 0.05) is 62.4 Å². The summed E-state index contributed by atoms with van der Waals surface area (Å²) in [5.74, 6) is 0.627. The first kappa shape index (κ1) is 23.7. The summed E-state index contributed by atoms with van der Waals surface area (Å²) < 4.78 is 13.5. The molecule has 2 saturated heterocycles. The van der Waals surface area contributed by atoms with Crippen LogP contribution in [0.1, 0.15) is 53.2 Å². The van der Waals surface area contributed by atoms with Crippen molar-refractivity contribution in [2.24, 2.45) is 0 Å². The number of H-pyrrole nitrogens is 1. The van der Waals surface area contributed by atoms with Gasteiger partial charge >= 0.3 is 0 Å². The molecule has 0 radical (unpaired) electrons. The van der Waals surface area contributed by atoms with Crippen molar-refractivity contribution in [3.63, 3.8) is 0 Å². The summed E-state index contributed by atoms with van der Waals surface area (Å²) in [4.78, 5) is 35.7. The Morgan fingerprint density at radius 1 is 1.05 bits per heavy atom. The molecule has 0 spiro atoms. The van der Waals surface area contributed by atoms with Gasteiger partial charge in [-0.3, -0.25) is 14.3 Å². The Morgan fingerprint density at radius 3 is 2.57 bits per heavy atom. The second kappa shape index (κ2) is 9.63. The predicted octanol–water partition coefficient (Wildman–Crippen LogP) is 3.92. The minimum atomic E-state index is -0.163. The Hall–Kier alpha value is -3.72. The first-order valence-electron chi connectivity index (χ1n) is 13.0. The zero-order valence-corrected chi connectivity index (χ0v) is 21.2. The van der Waals surface area contributed by atoms with Gasteiger partial charge in [0.2, 0.25) is 5.88 Å². The third kappa shape index (κ3) is 4.48. The van der Waals surface area contributed by atoms with Crippen LogP contribution in [-0.2, 0) is 4.74 Å². The predicted molar refractivity (Wildman–Crippen MR) is 140 cm³/mol. The molecule has 3 aromatic heterocycles. The smallest absolute Gasteiger partial charge is 0.259 e. The normalized spacial score (nSPS) is 17.5. The molecule has 9 heteroatoms. The molecule has 9 nitrogen and oxygen atoms in total. The summed E-state index contributed by atoms with van der Waals surface area (Å²) in [5, 5.41) is 5.98. The highest BCUT2D eigenvalue weighted by molar-refractivity contribution is 6.07. The second-order valence-electron chi connectivity index (χ2n) is 10.1. The fraction of sp³-hybridized carbons (Fsp3) is 0.429. The number of nitrogens with zero attached hydrogens (tertiary/aromatic N) is 4. The number of fused-ring (bicyclic) bond motifs is 3. The lowest BCUT2D eigenvalue weighted by Gasteiger charge is -2.32. The number of hydrogen-bond donors (Lipinski definition) is 1. The number of aryl methyl sites for hydroxylation is 2. The average Bonchev–Trinajstić information content (AvgIpc) is 3.37. The number of hydrogen-bond acceptors (Lipinski definition) is 6. The number of ether oxygens (including phenoxy) is 2. The Labute approximate surface area is 214 Å². The number of pyridine rings is 2. The highest BCUT2D eigenvalue weighted by atomic mass is 16.5. The summed E-state index contributed by atoms with van der Waals surface area (Å²) in [6.07, 6.45) is 6.67. The van der Waals surface area contributed by atoms with Gasteiger partial charge in [-0.05, 0) is 49.9 Å². The van der Waals surface area contributed by atoms with E-state index in [1.165, 1.54) is 0 Å². The maximum Gasteiger partial charge on any atom is 0.259 e. The maximum absolute atomic E-state index is 13.7. The molecule has 37 heavy (non-hydrogen) atoms. The van der Waals surface area contributed by atoms with Gasteiger partial charge < -0.3 is 19.4 Å². The lowest BCUT2D eigenvalue weighted by molar-refractivity contribution is 0.0587. The van der Waals surface area contributed by atoms with E-state index >= 15 is 0 Å².